The van der Waals surface area contributed by atoms with E-state index >= 15 is 0 Å². The van der Waals surface area contributed by atoms with Gasteiger partial charge in [-0.15, -0.1) is 0 Å². The third-order valence-electron chi connectivity index (χ3n) is 3.88. The van der Waals surface area contributed by atoms with E-state index in [1.165, 1.54) is 38.5 Å². The number of nitrogens with one attached hydrogen (secondary N) is 1. The Kier molecular flexibility index (Phi) is 8.32. The fourth-order valence-corrected chi connectivity index (χ4v) is 2.59. The Labute approximate surface area is 124 Å². The normalized spacial score (nSPS) is 11.1. The van der Waals surface area contributed by atoms with Crippen LogP contribution in [-0.2, 0) is 0 Å². The lowest BCUT2D eigenvalue weighted by atomic mass is 10.0. The maximum Gasteiger partial charge on any atom is 0.146 e. The molecule has 1 aromatic rings. The smallest absolute Gasteiger partial charge is 0.146 e. The van der Waals surface area contributed by atoms with Crippen molar-refractivity contribution in [1.82, 2.24) is 0 Å². The number of benzene rings is 1. The highest BCUT2D eigenvalue weighted by molar-refractivity contribution is 5.52. The third kappa shape index (κ3) is 5.94. The van der Waals surface area contributed by atoms with Gasteiger partial charge in [-0.05, 0) is 31.4 Å². The van der Waals surface area contributed by atoms with E-state index in [0.29, 0.717) is 11.7 Å². The van der Waals surface area contributed by atoms with Gasteiger partial charge in [-0.25, -0.2) is 4.39 Å². The topological polar surface area (TPSA) is 12.0 Å². The molecule has 1 aromatic carbocycles. The first-order chi connectivity index (χ1) is 9.69. The third-order valence-corrected chi connectivity index (χ3v) is 3.88. The second-order valence-corrected chi connectivity index (χ2v) is 5.76. The Morgan fingerprint density at radius 3 is 2.10 bits per heavy atom. The molecule has 0 bridgehead atoms. The first kappa shape index (κ1) is 17.0. The lowest BCUT2D eigenvalue weighted by Crippen LogP contribution is -2.21. The van der Waals surface area contributed by atoms with Crippen molar-refractivity contribution in [3.05, 3.63) is 29.6 Å². The Balaban J connectivity index is 2.61. The minimum Gasteiger partial charge on any atom is -0.380 e. The van der Waals surface area contributed by atoms with Gasteiger partial charge in [-0.3, -0.25) is 0 Å². The van der Waals surface area contributed by atoms with Crippen LogP contribution in [0.5, 0.6) is 0 Å². The van der Waals surface area contributed by atoms with E-state index < -0.39 is 0 Å². The lowest BCUT2D eigenvalue weighted by Gasteiger charge is -2.21. The van der Waals surface area contributed by atoms with Crippen LogP contribution in [0.2, 0.25) is 0 Å². The van der Waals surface area contributed by atoms with Crippen molar-refractivity contribution < 1.29 is 4.39 Å². The molecule has 0 radical (unpaired) electrons. The highest BCUT2D eigenvalue weighted by Gasteiger charge is 2.12. The molecule has 1 nitrogen and oxygen atoms in total. The number of halogens is 1. The molecule has 0 aliphatic heterocycles. The first-order valence-corrected chi connectivity index (χ1v) is 8.20. The largest absolute Gasteiger partial charge is 0.380 e. The van der Waals surface area contributed by atoms with Gasteiger partial charge in [0.25, 0.3) is 0 Å². The van der Waals surface area contributed by atoms with Crippen molar-refractivity contribution in [3.63, 3.8) is 0 Å². The summed E-state index contributed by atoms with van der Waals surface area (Å²) < 4.78 is 13.9. The van der Waals surface area contributed by atoms with Gasteiger partial charge in [0.15, 0.2) is 0 Å². The SMILES string of the molecule is CCCCCC(CCCCC)Nc1c(C)cccc1F. The van der Waals surface area contributed by atoms with Crippen molar-refractivity contribution >= 4 is 5.69 Å². The molecule has 0 saturated heterocycles. The minimum absolute atomic E-state index is 0.124. The number of unbranched alkanes of at least 4 members (excludes halogenated alkanes) is 4. The van der Waals surface area contributed by atoms with Crippen molar-refractivity contribution in [2.75, 3.05) is 5.32 Å². The molecule has 0 atom stereocenters. The monoisotopic (exact) mass is 279 g/mol. The van der Waals surface area contributed by atoms with Crippen molar-refractivity contribution in [3.8, 4) is 0 Å². The maximum absolute atomic E-state index is 13.9. The molecule has 0 fully saturated rings. The molecule has 1 rings (SSSR count). The van der Waals surface area contributed by atoms with Crippen LogP contribution in [0.4, 0.5) is 10.1 Å². The van der Waals surface area contributed by atoms with E-state index in [1.54, 1.807) is 12.1 Å². The number of anilines is 1. The van der Waals surface area contributed by atoms with E-state index in [9.17, 15) is 4.39 Å². The van der Waals surface area contributed by atoms with Crippen LogP contribution in [0, 0.1) is 12.7 Å². The first-order valence-electron chi connectivity index (χ1n) is 8.20. The zero-order valence-electron chi connectivity index (χ0n) is 13.3. The van der Waals surface area contributed by atoms with Crippen LogP contribution in [0.1, 0.15) is 70.8 Å². The highest BCUT2D eigenvalue weighted by Crippen LogP contribution is 2.23. The molecule has 0 aliphatic rings. The number of hydrogen-bond donors (Lipinski definition) is 1. The van der Waals surface area contributed by atoms with Crippen LogP contribution in [0.25, 0.3) is 0 Å². The van der Waals surface area contributed by atoms with E-state index in [1.807, 2.05) is 13.0 Å². The average Bonchev–Trinajstić information content (AvgIpc) is 2.43. The highest BCUT2D eigenvalue weighted by atomic mass is 19.1. The van der Waals surface area contributed by atoms with E-state index in [4.69, 9.17) is 0 Å². The van der Waals surface area contributed by atoms with Gasteiger partial charge in [0.2, 0.25) is 0 Å². The molecule has 0 amide bonds. The summed E-state index contributed by atoms with van der Waals surface area (Å²) in [4.78, 5) is 0. The number of hydrogen-bond acceptors (Lipinski definition) is 1. The molecule has 2 heteroatoms. The molecule has 0 spiro atoms. The van der Waals surface area contributed by atoms with Gasteiger partial charge in [0, 0.05) is 6.04 Å². The van der Waals surface area contributed by atoms with E-state index in [2.05, 4.69) is 19.2 Å². The summed E-state index contributed by atoms with van der Waals surface area (Å²) in [6.07, 6.45) is 9.75. The summed E-state index contributed by atoms with van der Waals surface area (Å²) in [5, 5.41) is 3.46. The van der Waals surface area contributed by atoms with Gasteiger partial charge in [0.05, 0.1) is 5.69 Å². The molecule has 0 unspecified atom stereocenters. The number of aryl methyl sites for hydroxylation is 1. The summed E-state index contributed by atoms with van der Waals surface area (Å²) in [7, 11) is 0. The molecule has 20 heavy (non-hydrogen) atoms. The Hall–Kier alpha value is -1.05. The summed E-state index contributed by atoms with van der Waals surface area (Å²) in [6.45, 7) is 6.42. The van der Waals surface area contributed by atoms with Gasteiger partial charge in [0.1, 0.15) is 5.82 Å². The number of rotatable bonds is 10. The molecule has 0 saturated carbocycles. The molecule has 0 aliphatic carbocycles. The van der Waals surface area contributed by atoms with Gasteiger partial charge < -0.3 is 5.32 Å². The van der Waals surface area contributed by atoms with Crippen LogP contribution in [0.15, 0.2) is 18.2 Å². The Bertz CT molecular complexity index is 345. The van der Waals surface area contributed by atoms with Crippen molar-refractivity contribution in [2.45, 2.75) is 78.2 Å². The molecule has 0 heterocycles. The Morgan fingerprint density at radius 2 is 1.60 bits per heavy atom. The fourth-order valence-electron chi connectivity index (χ4n) is 2.59. The Morgan fingerprint density at radius 1 is 1.00 bits per heavy atom. The summed E-state index contributed by atoms with van der Waals surface area (Å²) in [6, 6.07) is 5.70. The molecule has 0 aromatic heterocycles. The van der Waals surface area contributed by atoms with Gasteiger partial charge in [-0.1, -0.05) is 64.5 Å². The minimum atomic E-state index is -0.124. The zero-order chi connectivity index (χ0) is 14.8. The molecule has 1 N–H and O–H groups in total. The summed E-state index contributed by atoms with van der Waals surface area (Å²) in [5.74, 6) is -0.124. The van der Waals surface area contributed by atoms with Crippen molar-refractivity contribution in [1.29, 1.82) is 0 Å². The van der Waals surface area contributed by atoms with Crippen LogP contribution < -0.4 is 5.32 Å². The fraction of sp³-hybridized carbons (Fsp3) is 0.667. The second-order valence-electron chi connectivity index (χ2n) is 5.76. The van der Waals surface area contributed by atoms with Crippen LogP contribution in [-0.4, -0.2) is 6.04 Å². The zero-order valence-corrected chi connectivity index (χ0v) is 13.3. The maximum atomic E-state index is 13.9. The van der Waals surface area contributed by atoms with E-state index in [-0.39, 0.29) is 5.82 Å². The van der Waals surface area contributed by atoms with Gasteiger partial charge >= 0.3 is 0 Å². The quantitative estimate of drug-likeness (QED) is 0.512. The molecular weight excluding hydrogens is 249 g/mol. The second kappa shape index (κ2) is 9.79. The van der Waals surface area contributed by atoms with E-state index in [0.717, 1.165) is 18.4 Å². The predicted octanol–water partition coefficient (Wildman–Crippen LogP) is 6.08. The lowest BCUT2D eigenvalue weighted by molar-refractivity contribution is 0.522. The standard InChI is InChI=1S/C18H30FN/c1-4-6-8-12-16(13-9-7-5-2)20-18-15(3)11-10-14-17(18)19/h10-11,14,16,20H,4-9,12-13H2,1-3H3. The summed E-state index contributed by atoms with van der Waals surface area (Å²) >= 11 is 0. The molecule has 114 valence electrons. The van der Waals surface area contributed by atoms with Crippen LogP contribution >= 0.6 is 0 Å². The number of para-hydroxylation sites is 1. The average molecular weight is 279 g/mol. The van der Waals surface area contributed by atoms with Crippen molar-refractivity contribution in [2.24, 2.45) is 0 Å². The van der Waals surface area contributed by atoms with Gasteiger partial charge in [-0.2, -0.15) is 0 Å². The summed E-state index contributed by atoms with van der Waals surface area (Å²) in [5.41, 5.74) is 1.70. The molecular formula is C18H30FN. The van der Waals surface area contributed by atoms with Crippen LogP contribution in [0.3, 0.4) is 0 Å². The predicted molar refractivity (Wildman–Crippen MR) is 86.8 cm³/mol.